The fourth-order valence-corrected chi connectivity index (χ4v) is 3.13. The van der Waals surface area contributed by atoms with Crippen molar-refractivity contribution in [3.63, 3.8) is 0 Å². The van der Waals surface area contributed by atoms with E-state index >= 15 is 0 Å². The topological polar surface area (TPSA) is 29.3 Å². The van der Waals surface area contributed by atoms with Crippen molar-refractivity contribution < 1.29 is 4.39 Å². The zero-order chi connectivity index (χ0) is 14.7. The zero-order valence-electron chi connectivity index (χ0n) is 12.1. The van der Waals surface area contributed by atoms with Crippen LogP contribution in [-0.4, -0.2) is 18.0 Å². The average molecular weight is 284 g/mol. The van der Waals surface area contributed by atoms with Crippen LogP contribution in [0.4, 0.5) is 10.1 Å². The number of anilines is 1. The third-order valence-corrected chi connectivity index (χ3v) is 4.16. The van der Waals surface area contributed by atoms with Gasteiger partial charge in [0.05, 0.1) is 0 Å². The molecule has 0 spiro atoms. The molecule has 0 bridgehead atoms. The molecule has 110 valence electrons. The maximum Gasteiger partial charge on any atom is 0.123 e. The minimum atomic E-state index is -0.159. The number of benzene rings is 2. The zero-order valence-corrected chi connectivity index (χ0v) is 12.1. The predicted octanol–water partition coefficient (Wildman–Crippen LogP) is 3.47. The molecule has 1 unspecified atom stereocenters. The van der Waals surface area contributed by atoms with Crippen molar-refractivity contribution in [3.05, 3.63) is 65.5 Å². The first-order valence-corrected chi connectivity index (χ1v) is 7.50. The summed E-state index contributed by atoms with van der Waals surface area (Å²) in [4.78, 5) is 2.48. The number of nitrogen functional groups attached to an aromatic ring is 1. The van der Waals surface area contributed by atoms with Gasteiger partial charge in [0, 0.05) is 18.8 Å². The van der Waals surface area contributed by atoms with Crippen LogP contribution >= 0.6 is 0 Å². The molecule has 2 nitrogen and oxygen atoms in total. The van der Waals surface area contributed by atoms with Crippen molar-refractivity contribution in [2.24, 2.45) is 5.92 Å². The second-order valence-electron chi connectivity index (χ2n) is 5.97. The van der Waals surface area contributed by atoms with E-state index < -0.39 is 0 Å². The quantitative estimate of drug-likeness (QED) is 0.871. The van der Waals surface area contributed by atoms with Gasteiger partial charge >= 0.3 is 0 Å². The highest BCUT2D eigenvalue weighted by molar-refractivity contribution is 5.40. The molecule has 2 aromatic carbocycles. The molecule has 1 atom stereocenters. The van der Waals surface area contributed by atoms with Gasteiger partial charge in [-0.25, -0.2) is 4.39 Å². The van der Waals surface area contributed by atoms with E-state index in [1.807, 2.05) is 30.3 Å². The number of nitrogens with two attached hydrogens (primary N) is 1. The Balaban J connectivity index is 1.54. The molecule has 0 aliphatic carbocycles. The molecular weight excluding hydrogens is 263 g/mol. The summed E-state index contributed by atoms with van der Waals surface area (Å²) in [6.07, 6.45) is 2.24. The molecule has 1 saturated heterocycles. The summed E-state index contributed by atoms with van der Waals surface area (Å²) < 4.78 is 12.9. The summed E-state index contributed by atoms with van der Waals surface area (Å²) in [5.74, 6) is 0.505. The lowest BCUT2D eigenvalue weighted by atomic mass is 9.99. The number of likely N-dealkylation sites (tertiary alicyclic amines) is 1. The largest absolute Gasteiger partial charge is 0.399 e. The normalized spacial score (nSPS) is 19.0. The summed E-state index contributed by atoms with van der Waals surface area (Å²) in [6.45, 7) is 3.19. The maximum atomic E-state index is 12.9. The van der Waals surface area contributed by atoms with Crippen LogP contribution < -0.4 is 5.73 Å². The Kier molecular flexibility index (Phi) is 4.20. The standard InChI is InChI=1S/C18H21FN2/c19-17-6-4-14(5-7-17)10-16-8-9-21(13-16)12-15-2-1-3-18(20)11-15/h1-7,11,16H,8-10,12-13,20H2. The van der Waals surface area contributed by atoms with E-state index in [0.29, 0.717) is 5.92 Å². The molecule has 2 aromatic rings. The van der Waals surface area contributed by atoms with Gasteiger partial charge in [0.25, 0.3) is 0 Å². The van der Waals surface area contributed by atoms with Crippen molar-refractivity contribution in [3.8, 4) is 0 Å². The second kappa shape index (κ2) is 6.27. The van der Waals surface area contributed by atoms with Crippen molar-refractivity contribution in [1.29, 1.82) is 0 Å². The van der Waals surface area contributed by atoms with Crippen LogP contribution in [0.2, 0.25) is 0 Å². The van der Waals surface area contributed by atoms with Crippen LogP contribution in [0, 0.1) is 11.7 Å². The number of nitrogens with zero attached hydrogens (tertiary/aromatic N) is 1. The van der Waals surface area contributed by atoms with E-state index in [-0.39, 0.29) is 5.82 Å². The summed E-state index contributed by atoms with van der Waals surface area (Å²) >= 11 is 0. The van der Waals surface area contributed by atoms with Crippen LogP contribution in [0.1, 0.15) is 17.5 Å². The van der Waals surface area contributed by atoms with Gasteiger partial charge in [-0.2, -0.15) is 0 Å². The lowest BCUT2D eigenvalue weighted by molar-refractivity contribution is 0.316. The van der Waals surface area contributed by atoms with Gasteiger partial charge in [-0.05, 0) is 60.7 Å². The third kappa shape index (κ3) is 3.82. The van der Waals surface area contributed by atoms with Crippen LogP contribution in [0.25, 0.3) is 0 Å². The Morgan fingerprint density at radius 1 is 1.10 bits per heavy atom. The molecule has 3 heteroatoms. The number of halogens is 1. The van der Waals surface area contributed by atoms with Gasteiger partial charge in [0.1, 0.15) is 5.82 Å². The summed E-state index contributed by atoms with van der Waals surface area (Å²) in [5, 5.41) is 0. The van der Waals surface area contributed by atoms with Crippen LogP contribution in [0.5, 0.6) is 0 Å². The molecule has 1 aliphatic heterocycles. The molecule has 0 saturated carbocycles. The third-order valence-electron chi connectivity index (χ3n) is 4.16. The Hall–Kier alpha value is -1.87. The van der Waals surface area contributed by atoms with E-state index in [1.165, 1.54) is 17.5 Å². The first kappa shape index (κ1) is 14.1. The van der Waals surface area contributed by atoms with Crippen molar-refractivity contribution in [1.82, 2.24) is 4.90 Å². The van der Waals surface area contributed by atoms with Crippen LogP contribution in [0.15, 0.2) is 48.5 Å². The Bertz CT molecular complexity index is 594. The van der Waals surface area contributed by atoms with Gasteiger partial charge in [-0.1, -0.05) is 24.3 Å². The van der Waals surface area contributed by atoms with Crippen molar-refractivity contribution >= 4 is 5.69 Å². The summed E-state index contributed by atoms with van der Waals surface area (Å²) in [7, 11) is 0. The van der Waals surface area contributed by atoms with E-state index in [9.17, 15) is 4.39 Å². The van der Waals surface area contributed by atoms with Gasteiger partial charge < -0.3 is 5.73 Å². The fourth-order valence-electron chi connectivity index (χ4n) is 3.13. The molecule has 1 aliphatic rings. The Labute approximate surface area is 125 Å². The number of hydrogen-bond acceptors (Lipinski definition) is 2. The van der Waals surface area contributed by atoms with Crippen molar-refractivity contribution in [2.45, 2.75) is 19.4 Å². The molecule has 0 aromatic heterocycles. The first-order valence-electron chi connectivity index (χ1n) is 7.50. The van der Waals surface area contributed by atoms with Gasteiger partial charge in [-0.3, -0.25) is 4.90 Å². The molecule has 1 fully saturated rings. The van der Waals surface area contributed by atoms with Crippen molar-refractivity contribution in [2.75, 3.05) is 18.8 Å². The average Bonchev–Trinajstić information content (AvgIpc) is 2.89. The van der Waals surface area contributed by atoms with Crippen LogP contribution in [0.3, 0.4) is 0 Å². The highest BCUT2D eigenvalue weighted by Gasteiger charge is 2.22. The Morgan fingerprint density at radius 3 is 2.67 bits per heavy atom. The van der Waals surface area contributed by atoms with Gasteiger partial charge in [0.2, 0.25) is 0 Å². The lowest BCUT2D eigenvalue weighted by Crippen LogP contribution is -2.20. The predicted molar refractivity (Wildman–Crippen MR) is 84.3 cm³/mol. The molecule has 0 radical (unpaired) electrons. The fraction of sp³-hybridized carbons (Fsp3) is 0.333. The number of hydrogen-bond donors (Lipinski definition) is 1. The van der Waals surface area contributed by atoms with Gasteiger partial charge in [-0.15, -0.1) is 0 Å². The molecule has 21 heavy (non-hydrogen) atoms. The maximum absolute atomic E-state index is 12.9. The highest BCUT2D eigenvalue weighted by Crippen LogP contribution is 2.23. The molecule has 3 rings (SSSR count). The SMILES string of the molecule is Nc1cccc(CN2CCC(Cc3ccc(F)cc3)C2)c1. The molecule has 2 N–H and O–H groups in total. The van der Waals surface area contributed by atoms with E-state index in [2.05, 4.69) is 11.0 Å². The summed E-state index contributed by atoms with van der Waals surface area (Å²) in [5.41, 5.74) is 9.16. The lowest BCUT2D eigenvalue weighted by Gasteiger charge is -2.16. The van der Waals surface area contributed by atoms with E-state index in [0.717, 1.165) is 31.7 Å². The summed E-state index contributed by atoms with van der Waals surface area (Å²) in [6, 6.07) is 15.0. The molecule has 1 heterocycles. The smallest absolute Gasteiger partial charge is 0.123 e. The second-order valence-corrected chi connectivity index (χ2v) is 5.97. The Morgan fingerprint density at radius 2 is 1.90 bits per heavy atom. The van der Waals surface area contributed by atoms with Gasteiger partial charge in [0.15, 0.2) is 0 Å². The number of rotatable bonds is 4. The molecular formula is C18H21FN2. The van der Waals surface area contributed by atoms with E-state index in [4.69, 9.17) is 5.73 Å². The minimum Gasteiger partial charge on any atom is -0.399 e. The highest BCUT2D eigenvalue weighted by atomic mass is 19.1. The van der Waals surface area contributed by atoms with Crippen LogP contribution in [-0.2, 0) is 13.0 Å². The monoisotopic (exact) mass is 284 g/mol. The minimum absolute atomic E-state index is 0.159. The van der Waals surface area contributed by atoms with E-state index in [1.54, 1.807) is 12.1 Å². The molecule has 0 amide bonds. The first-order chi connectivity index (χ1) is 10.2.